The van der Waals surface area contributed by atoms with Crippen LogP contribution in [0.15, 0.2) is 18.2 Å². The van der Waals surface area contributed by atoms with Crippen molar-refractivity contribution < 1.29 is 14.2 Å². The normalized spacial score (nSPS) is 22.4. The molecule has 0 N–H and O–H groups in total. The molecule has 1 aromatic carbocycles. The molecule has 2 atom stereocenters. The number of hydrogen-bond acceptors (Lipinski definition) is 4. The molecule has 1 aliphatic heterocycles. The second-order valence-corrected chi connectivity index (χ2v) is 6.24. The zero-order chi connectivity index (χ0) is 15.9. The van der Waals surface area contributed by atoms with Crippen molar-refractivity contribution in [3.8, 4) is 17.2 Å². The van der Waals surface area contributed by atoms with E-state index in [2.05, 4.69) is 18.7 Å². The van der Waals surface area contributed by atoms with E-state index in [4.69, 9.17) is 14.2 Å². The van der Waals surface area contributed by atoms with E-state index >= 15 is 0 Å². The van der Waals surface area contributed by atoms with E-state index in [1.54, 1.807) is 14.2 Å². The fourth-order valence-electron chi connectivity index (χ4n) is 2.97. The molecular formula is C18H29NO3. The number of methoxy groups -OCH3 is 2. The van der Waals surface area contributed by atoms with Crippen LogP contribution in [0.5, 0.6) is 17.2 Å². The summed E-state index contributed by atoms with van der Waals surface area (Å²) in [5, 5.41) is 0. The summed E-state index contributed by atoms with van der Waals surface area (Å²) in [4.78, 5) is 2.55. The first-order chi connectivity index (χ1) is 10.7. The molecule has 22 heavy (non-hydrogen) atoms. The van der Waals surface area contributed by atoms with Crippen LogP contribution in [0.4, 0.5) is 0 Å². The van der Waals surface area contributed by atoms with Crippen molar-refractivity contribution in [2.45, 2.75) is 26.7 Å². The van der Waals surface area contributed by atoms with Crippen LogP contribution in [0.1, 0.15) is 26.7 Å². The lowest BCUT2D eigenvalue weighted by molar-refractivity contribution is 0.130. The first kappa shape index (κ1) is 16.9. The summed E-state index contributed by atoms with van der Waals surface area (Å²) in [6.07, 6.45) is 2.32. The van der Waals surface area contributed by atoms with Crippen LogP contribution in [0.25, 0.3) is 0 Å². The van der Waals surface area contributed by atoms with Gasteiger partial charge in [0, 0.05) is 13.1 Å². The van der Waals surface area contributed by atoms with Gasteiger partial charge >= 0.3 is 0 Å². The van der Waals surface area contributed by atoms with Gasteiger partial charge in [-0.05, 0) is 43.4 Å². The summed E-state index contributed by atoms with van der Waals surface area (Å²) in [6.45, 7) is 8.90. The Morgan fingerprint density at radius 1 is 1.09 bits per heavy atom. The molecule has 1 aliphatic rings. The van der Waals surface area contributed by atoms with Gasteiger partial charge in [0.05, 0.1) is 20.8 Å². The number of ether oxygens (including phenoxy) is 3. The van der Waals surface area contributed by atoms with Crippen LogP contribution in [0, 0.1) is 11.8 Å². The molecule has 4 nitrogen and oxygen atoms in total. The molecule has 0 radical (unpaired) electrons. The number of para-hydroxylation sites is 1. The van der Waals surface area contributed by atoms with Crippen LogP contribution in [-0.2, 0) is 0 Å². The van der Waals surface area contributed by atoms with Gasteiger partial charge in [-0.15, -0.1) is 0 Å². The van der Waals surface area contributed by atoms with Gasteiger partial charge in [-0.1, -0.05) is 19.9 Å². The minimum atomic E-state index is 0.678. The van der Waals surface area contributed by atoms with Crippen molar-refractivity contribution in [3.05, 3.63) is 18.2 Å². The summed E-state index contributed by atoms with van der Waals surface area (Å²) < 4.78 is 16.6. The molecule has 1 aromatic rings. The molecule has 1 saturated heterocycles. The third-order valence-electron chi connectivity index (χ3n) is 4.67. The van der Waals surface area contributed by atoms with Gasteiger partial charge in [0.25, 0.3) is 0 Å². The number of likely N-dealkylation sites (tertiary alicyclic amines) is 1. The molecule has 4 heteroatoms. The van der Waals surface area contributed by atoms with Crippen molar-refractivity contribution in [2.75, 3.05) is 40.5 Å². The Kier molecular flexibility index (Phi) is 6.37. The summed E-state index contributed by atoms with van der Waals surface area (Å²) >= 11 is 0. The molecule has 0 aromatic heterocycles. The second kappa shape index (κ2) is 8.28. The van der Waals surface area contributed by atoms with Crippen LogP contribution in [0.2, 0.25) is 0 Å². The first-order valence-corrected chi connectivity index (χ1v) is 8.21. The van der Waals surface area contributed by atoms with E-state index in [-0.39, 0.29) is 0 Å². The van der Waals surface area contributed by atoms with Crippen molar-refractivity contribution >= 4 is 0 Å². The minimum Gasteiger partial charge on any atom is -0.493 e. The monoisotopic (exact) mass is 307 g/mol. The van der Waals surface area contributed by atoms with E-state index in [9.17, 15) is 0 Å². The van der Waals surface area contributed by atoms with Gasteiger partial charge in [0.1, 0.15) is 0 Å². The number of piperidine rings is 1. The Morgan fingerprint density at radius 2 is 1.77 bits per heavy atom. The molecule has 0 aliphatic carbocycles. The Labute approximate surface area is 134 Å². The van der Waals surface area contributed by atoms with E-state index < -0.39 is 0 Å². The van der Waals surface area contributed by atoms with Crippen molar-refractivity contribution in [3.63, 3.8) is 0 Å². The Morgan fingerprint density at radius 3 is 2.36 bits per heavy atom. The van der Waals surface area contributed by atoms with Gasteiger partial charge in [-0.25, -0.2) is 0 Å². The highest BCUT2D eigenvalue weighted by molar-refractivity contribution is 5.51. The molecule has 0 amide bonds. The smallest absolute Gasteiger partial charge is 0.203 e. The van der Waals surface area contributed by atoms with Crippen LogP contribution >= 0.6 is 0 Å². The van der Waals surface area contributed by atoms with Crippen LogP contribution in [-0.4, -0.2) is 45.4 Å². The van der Waals surface area contributed by atoms with Crippen LogP contribution in [0.3, 0.4) is 0 Å². The topological polar surface area (TPSA) is 30.9 Å². The number of nitrogens with zero attached hydrogens (tertiary/aromatic N) is 1. The summed E-state index contributed by atoms with van der Waals surface area (Å²) in [7, 11) is 3.30. The van der Waals surface area contributed by atoms with Gasteiger partial charge in [-0.2, -0.15) is 0 Å². The maximum atomic E-state index is 5.91. The molecule has 1 heterocycles. The number of hydrogen-bond donors (Lipinski definition) is 0. The zero-order valence-electron chi connectivity index (χ0n) is 14.3. The second-order valence-electron chi connectivity index (χ2n) is 6.24. The highest BCUT2D eigenvalue weighted by Gasteiger charge is 2.22. The minimum absolute atomic E-state index is 0.678. The van der Waals surface area contributed by atoms with Crippen molar-refractivity contribution in [2.24, 2.45) is 11.8 Å². The summed E-state index contributed by atoms with van der Waals surface area (Å²) in [5.41, 5.74) is 0. The molecule has 0 spiro atoms. The van der Waals surface area contributed by atoms with Gasteiger partial charge in [-0.3, -0.25) is 0 Å². The van der Waals surface area contributed by atoms with Gasteiger partial charge < -0.3 is 19.1 Å². The van der Waals surface area contributed by atoms with Crippen LogP contribution < -0.4 is 14.2 Å². The molecule has 0 bridgehead atoms. The van der Waals surface area contributed by atoms with E-state index in [0.29, 0.717) is 12.4 Å². The fourth-order valence-corrected chi connectivity index (χ4v) is 2.97. The molecule has 0 saturated carbocycles. The lowest BCUT2D eigenvalue weighted by Crippen LogP contribution is -2.39. The lowest BCUT2D eigenvalue weighted by Gasteiger charge is -2.35. The average Bonchev–Trinajstić information content (AvgIpc) is 2.54. The molecular weight excluding hydrogens is 278 g/mol. The Balaban J connectivity index is 1.79. The lowest BCUT2D eigenvalue weighted by atomic mass is 9.89. The highest BCUT2D eigenvalue weighted by atomic mass is 16.5. The predicted octanol–water partition coefficient (Wildman–Crippen LogP) is 3.45. The number of benzene rings is 1. The summed E-state index contributed by atoms with van der Waals surface area (Å²) in [6, 6.07) is 5.69. The molecule has 0 unspecified atom stereocenters. The van der Waals surface area contributed by atoms with Gasteiger partial charge in [0.15, 0.2) is 11.5 Å². The zero-order valence-corrected chi connectivity index (χ0v) is 14.3. The average molecular weight is 307 g/mol. The Hall–Kier alpha value is -1.42. The van der Waals surface area contributed by atoms with E-state index in [1.165, 1.54) is 19.5 Å². The Bertz CT molecular complexity index is 441. The van der Waals surface area contributed by atoms with Gasteiger partial charge in [0.2, 0.25) is 5.75 Å². The third kappa shape index (κ3) is 4.29. The largest absolute Gasteiger partial charge is 0.493 e. The fraction of sp³-hybridized carbons (Fsp3) is 0.667. The predicted molar refractivity (Wildman–Crippen MR) is 89.0 cm³/mol. The van der Waals surface area contributed by atoms with Crippen molar-refractivity contribution in [1.29, 1.82) is 0 Å². The van der Waals surface area contributed by atoms with E-state index in [0.717, 1.165) is 36.3 Å². The standard InChI is InChI=1S/C18H29NO3/c1-14-9-11-19(13-15(14)2)10-6-12-22-18-16(20-3)7-5-8-17(18)21-4/h5,7-8,14-15H,6,9-13H2,1-4H3/t14-,15+/m1/s1. The third-order valence-corrected chi connectivity index (χ3v) is 4.67. The number of rotatable bonds is 7. The summed E-state index contributed by atoms with van der Waals surface area (Å²) in [5.74, 6) is 3.79. The molecule has 2 rings (SSSR count). The SMILES string of the molecule is COc1cccc(OC)c1OCCCN1CC[C@@H](C)[C@@H](C)C1. The maximum Gasteiger partial charge on any atom is 0.203 e. The highest BCUT2D eigenvalue weighted by Crippen LogP contribution is 2.36. The maximum absolute atomic E-state index is 5.91. The molecule has 1 fully saturated rings. The first-order valence-electron chi connectivity index (χ1n) is 8.21. The van der Waals surface area contributed by atoms with Crippen molar-refractivity contribution in [1.82, 2.24) is 4.90 Å². The quantitative estimate of drug-likeness (QED) is 0.722. The molecule has 124 valence electrons. The van der Waals surface area contributed by atoms with E-state index in [1.807, 2.05) is 18.2 Å².